The molecule has 0 unspecified atom stereocenters. The molecule has 0 aliphatic heterocycles. The average Bonchev–Trinajstić information content (AvgIpc) is 2.77. The number of halogens is 3. The number of aryl methyl sites for hydroxylation is 2. The van der Waals surface area contributed by atoms with Crippen LogP contribution in [0.3, 0.4) is 0 Å². The molecule has 112 valence electrons. The van der Waals surface area contributed by atoms with Crippen molar-refractivity contribution in [2.24, 2.45) is 14.1 Å². The van der Waals surface area contributed by atoms with Crippen LogP contribution in [0.5, 0.6) is 0 Å². The lowest BCUT2D eigenvalue weighted by Crippen LogP contribution is -2.25. The molecular formula is C11H10F3N5O2. The summed E-state index contributed by atoms with van der Waals surface area (Å²) < 4.78 is 39.5. The quantitative estimate of drug-likeness (QED) is 0.889. The van der Waals surface area contributed by atoms with E-state index in [1.807, 2.05) is 0 Å². The van der Waals surface area contributed by atoms with Crippen LogP contribution in [0.2, 0.25) is 0 Å². The first-order valence-electron chi connectivity index (χ1n) is 5.64. The maximum Gasteiger partial charge on any atom is 0.433 e. The standard InChI is InChI=1S/C11H10F3N5O2/c1-18-4-3-15-8(10(18)21)16-9(20)6-5-7(11(12,13)14)19(2)17-6/h3-5H,1-2H3,(H,15,16,20). The molecule has 0 aromatic carbocycles. The van der Waals surface area contributed by atoms with E-state index in [1.165, 1.54) is 24.0 Å². The van der Waals surface area contributed by atoms with Gasteiger partial charge in [-0.15, -0.1) is 0 Å². The lowest BCUT2D eigenvalue weighted by atomic mass is 10.3. The molecule has 0 spiro atoms. The third-order valence-electron chi connectivity index (χ3n) is 2.65. The molecule has 21 heavy (non-hydrogen) atoms. The van der Waals surface area contributed by atoms with E-state index >= 15 is 0 Å². The summed E-state index contributed by atoms with van der Waals surface area (Å²) in [4.78, 5) is 27.1. The first-order valence-corrected chi connectivity index (χ1v) is 5.64. The summed E-state index contributed by atoms with van der Waals surface area (Å²) in [5.74, 6) is -1.24. The number of nitrogens with one attached hydrogen (secondary N) is 1. The zero-order chi connectivity index (χ0) is 15.8. The van der Waals surface area contributed by atoms with E-state index in [2.05, 4.69) is 15.4 Å². The molecule has 1 amide bonds. The third-order valence-corrected chi connectivity index (χ3v) is 2.65. The van der Waals surface area contributed by atoms with Gasteiger partial charge in [-0.1, -0.05) is 0 Å². The highest BCUT2D eigenvalue weighted by Crippen LogP contribution is 2.29. The molecule has 2 aromatic heterocycles. The van der Waals surface area contributed by atoms with Crippen molar-refractivity contribution in [2.45, 2.75) is 6.18 Å². The van der Waals surface area contributed by atoms with Crippen molar-refractivity contribution >= 4 is 11.7 Å². The van der Waals surface area contributed by atoms with Gasteiger partial charge in [-0.25, -0.2) is 4.98 Å². The zero-order valence-electron chi connectivity index (χ0n) is 11.0. The molecule has 2 aromatic rings. The Morgan fingerprint density at radius 2 is 2.00 bits per heavy atom. The van der Waals surface area contributed by atoms with Gasteiger partial charge in [0.15, 0.2) is 11.5 Å². The maximum atomic E-state index is 12.6. The summed E-state index contributed by atoms with van der Waals surface area (Å²) in [5, 5.41) is 5.61. The van der Waals surface area contributed by atoms with E-state index in [1.54, 1.807) is 0 Å². The number of anilines is 1. The summed E-state index contributed by atoms with van der Waals surface area (Å²) in [5.41, 5.74) is -2.11. The molecule has 0 saturated heterocycles. The van der Waals surface area contributed by atoms with Crippen LogP contribution in [-0.2, 0) is 20.3 Å². The van der Waals surface area contributed by atoms with Gasteiger partial charge < -0.3 is 9.88 Å². The second kappa shape index (κ2) is 5.04. The van der Waals surface area contributed by atoms with Crippen molar-refractivity contribution in [2.75, 3.05) is 5.32 Å². The van der Waals surface area contributed by atoms with Gasteiger partial charge in [-0.05, 0) is 0 Å². The molecule has 0 saturated carbocycles. The van der Waals surface area contributed by atoms with E-state index in [4.69, 9.17) is 0 Å². The molecule has 0 bridgehead atoms. The minimum absolute atomic E-state index is 0.288. The van der Waals surface area contributed by atoms with Crippen molar-refractivity contribution < 1.29 is 18.0 Å². The Bertz CT molecular complexity index is 747. The highest BCUT2D eigenvalue weighted by atomic mass is 19.4. The topological polar surface area (TPSA) is 81.8 Å². The highest BCUT2D eigenvalue weighted by molar-refractivity contribution is 6.02. The van der Waals surface area contributed by atoms with Crippen LogP contribution in [0.4, 0.5) is 19.0 Å². The van der Waals surface area contributed by atoms with Gasteiger partial charge in [0.1, 0.15) is 5.69 Å². The average molecular weight is 301 g/mol. The van der Waals surface area contributed by atoms with Crippen LogP contribution in [0, 0.1) is 0 Å². The van der Waals surface area contributed by atoms with Crippen molar-refractivity contribution in [3.8, 4) is 0 Å². The van der Waals surface area contributed by atoms with Gasteiger partial charge in [0.2, 0.25) is 0 Å². The third kappa shape index (κ3) is 2.93. The van der Waals surface area contributed by atoms with Crippen molar-refractivity contribution in [3.63, 3.8) is 0 Å². The predicted molar refractivity (Wildman–Crippen MR) is 65.6 cm³/mol. The van der Waals surface area contributed by atoms with Crippen molar-refractivity contribution in [1.29, 1.82) is 0 Å². The summed E-state index contributed by atoms with van der Waals surface area (Å²) >= 11 is 0. The molecule has 0 fully saturated rings. The molecule has 0 aliphatic carbocycles. The maximum absolute atomic E-state index is 12.6. The first kappa shape index (κ1) is 14.8. The van der Waals surface area contributed by atoms with Crippen LogP contribution >= 0.6 is 0 Å². The number of amides is 1. The number of aromatic nitrogens is 4. The van der Waals surface area contributed by atoms with E-state index in [0.717, 1.165) is 7.05 Å². The summed E-state index contributed by atoms with van der Waals surface area (Å²) in [6.07, 6.45) is -1.97. The van der Waals surface area contributed by atoms with Crippen LogP contribution in [0.25, 0.3) is 0 Å². The number of hydrogen-bond donors (Lipinski definition) is 1. The monoisotopic (exact) mass is 301 g/mol. The number of rotatable bonds is 2. The van der Waals surface area contributed by atoms with Gasteiger partial charge in [-0.3, -0.25) is 14.3 Å². The molecule has 0 radical (unpaired) electrons. The Balaban J connectivity index is 2.30. The number of alkyl halides is 3. The fraction of sp³-hybridized carbons (Fsp3) is 0.273. The Morgan fingerprint density at radius 3 is 2.57 bits per heavy atom. The number of carbonyl (C=O) groups excluding carboxylic acids is 1. The normalized spacial score (nSPS) is 11.5. The van der Waals surface area contributed by atoms with Crippen molar-refractivity contribution in [1.82, 2.24) is 19.3 Å². The highest BCUT2D eigenvalue weighted by Gasteiger charge is 2.35. The SMILES string of the molecule is Cn1nc(C(=O)Nc2nccn(C)c2=O)cc1C(F)(F)F. The number of hydrogen-bond acceptors (Lipinski definition) is 4. The molecule has 2 rings (SSSR count). The lowest BCUT2D eigenvalue weighted by molar-refractivity contribution is -0.143. The van der Waals surface area contributed by atoms with E-state index in [-0.39, 0.29) is 5.82 Å². The second-order valence-corrected chi connectivity index (χ2v) is 4.18. The molecule has 10 heteroatoms. The lowest BCUT2D eigenvalue weighted by Gasteiger charge is -2.04. The Hall–Kier alpha value is -2.65. The van der Waals surface area contributed by atoms with Crippen LogP contribution in [0.15, 0.2) is 23.3 Å². The van der Waals surface area contributed by atoms with Gasteiger partial charge >= 0.3 is 6.18 Å². The molecule has 7 nitrogen and oxygen atoms in total. The fourth-order valence-electron chi connectivity index (χ4n) is 1.60. The predicted octanol–water partition coefficient (Wildman–Crippen LogP) is 0.785. The minimum atomic E-state index is -4.62. The van der Waals surface area contributed by atoms with E-state index in [0.29, 0.717) is 10.7 Å². The van der Waals surface area contributed by atoms with E-state index < -0.39 is 29.0 Å². The zero-order valence-corrected chi connectivity index (χ0v) is 11.0. The largest absolute Gasteiger partial charge is 0.433 e. The number of nitrogens with zero attached hydrogens (tertiary/aromatic N) is 4. The molecular weight excluding hydrogens is 291 g/mol. The molecule has 0 aliphatic rings. The minimum Gasteiger partial charge on any atom is -0.314 e. The molecule has 2 heterocycles. The summed E-state index contributed by atoms with van der Waals surface area (Å²) in [6.45, 7) is 0. The molecule has 0 atom stereocenters. The second-order valence-electron chi connectivity index (χ2n) is 4.18. The van der Waals surface area contributed by atoms with Crippen molar-refractivity contribution in [3.05, 3.63) is 40.2 Å². The van der Waals surface area contributed by atoms with Gasteiger partial charge in [0.05, 0.1) is 0 Å². The summed E-state index contributed by atoms with van der Waals surface area (Å²) in [7, 11) is 2.52. The van der Waals surface area contributed by atoms with Crippen LogP contribution in [0.1, 0.15) is 16.2 Å². The Kier molecular flexibility index (Phi) is 3.54. The van der Waals surface area contributed by atoms with Gasteiger partial charge in [0.25, 0.3) is 11.5 Å². The Labute approximate surface area is 116 Å². The van der Waals surface area contributed by atoms with Gasteiger partial charge in [-0.2, -0.15) is 18.3 Å². The van der Waals surface area contributed by atoms with Crippen LogP contribution in [-0.4, -0.2) is 25.2 Å². The summed E-state index contributed by atoms with van der Waals surface area (Å²) in [6, 6.07) is 0.600. The first-order chi connectivity index (χ1) is 9.70. The number of carbonyl (C=O) groups is 1. The van der Waals surface area contributed by atoms with E-state index in [9.17, 15) is 22.8 Å². The smallest absolute Gasteiger partial charge is 0.314 e. The van der Waals surface area contributed by atoms with Gasteiger partial charge in [0, 0.05) is 32.6 Å². The Morgan fingerprint density at radius 1 is 1.33 bits per heavy atom. The fourth-order valence-corrected chi connectivity index (χ4v) is 1.60. The van der Waals surface area contributed by atoms with Crippen LogP contribution < -0.4 is 10.9 Å². The molecule has 1 N–H and O–H groups in total.